The van der Waals surface area contributed by atoms with Gasteiger partial charge in [-0.05, 0) is 25.7 Å². The van der Waals surface area contributed by atoms with Gasteiger partial charge in [0.15, 0.2) is 5.13 Å². The zero-order valence-corrected chi connectivity index (χ0v) is 9.45. The van der Waals surface area contributed by atoms with E-state index in [9.17, 15) is 0 Å². The summed E-state index contributed by atoms with van der Waals surface area (Å²) in [6.07, 6.45) is 4.44. The molecule has 0 aromatic carbocycles. The monoisotopic (exact) mass is 198 g/mol. The summed E-state index contributed by atoms with van der Waals surface area (Å²) in [7, 11) is 0. The van der Waals surface area contributed by atoms with Crippen LogP contribution in [0.25, 0.3) is 0 Å². The van der Waals surface area contributed by atoms with Gasteiger partial charge in [0.25, 0.3) is 0 Å². The number of nitrogens with zero attached hydrogens (tertiary/aromatic N) is 1. The maximum atomic E-state index is 4.33. The molecule has 0 unspecified atom stereocenters. The Morgan fingerprint density at radius 1 is 1.38 bits per heavy atom. The minimum absolute atomic E-state index is 0.699. The fourth-order valence-electron chi connectivity index (χ4n) is 1.40. The Labute approximate surface area is 84.4 Å². The summed E-state index contributed by atoms with van der Waals surface area (Å²) >= 11 is 1.79. The van der Waals surface area contributed by atoms with E-state index in [4.69, 9.17) is 0 Å². The first-order chi connectivity index (χ1) is 6.31. The summed E-state index contributed by atoms with van der Waals surface area (Å²) in [5, 5.41) is 4.30. The van der Waals surface area contributed by atoms with Crippen molar-refractivity contribution in [2.75, 3.05) is 11.9 Å². The average molecular weight is 198 g/mol. The number of rotatable bonds is 5. The maximum absolute atomic E-state index is 4.33. The molecule has 74 valence electrons. The summed E-state index contributed by atoms with van der Waals surface area (Å²) in [4.78, 5) is 5.75. The van der Waals surface area contributed by atoms with Gasteiger partial charge >= 0.3 is 0 Å². The summed E-state index contributed by atoms with van der Waals surface area (Å²) < 4.78 is 0. The van der Waals surface area contributed by atoms with E-state index >= 15 is 0 Å². The molecule has 0 aliphatic heterocycles. The van der Waals surface area contributed by atoms with Crippen LogP contribution in [0.1, 0.15) is 44.4 Å². The van der Waals surface area contributed by atoms with Crippen LogP contribution in [-0.2, 0) is 0 Å². The standard InChI is InChI=1S/C10H18N2S/c1-4-8(5-2)9-7-12-10(13-9)11-6-3/h7-8H,4-6H2,1-3H3,(H,11,12). The van der Waals surface area contributed by atoms with E-state index in [-0.39, 0.29) is 0 Å². The smallest absolute Gasteiger partial charge is 0.182 e. The van der Waals surface area contributed by atoms with Crippen LogP contribution < -0.4 is 5.32 Å². The van der Waals surface area contributed by atoms with E-state index in [1.807, 2.05) is 6.20 Å². The second-order valence-electron chi connectivity index (χ2n) is 3.11. The second kappa shape index (κ2) is 5.22. The van der Waals surface area contributed by atoms with Gasteiger partial charge in [0, 0.05) is 17.6 Å². The predicted octanol–water partition coefficient (Wildman–Crippen LogP) is 3.48. The number of aromatic nitrogens is 1. The van der Waals surface area contributed by atoms with Crippen molar-refractivity contribution < 1.29 is 0 Å². The molecule has 1 aromatic rings. The fraction of sp³-hybridized carbons (Fsp3) is 0.700. The first kappa shape index (κ1) is 10.5. The number of hydrogen-bond donors (Lipinski definition) is 1. The van der Waals surface area contributed by atoms with E-state index in [2.05, 4.69) is 31.1 Å². The van der Waals surface area contributed by atoms with Crippen molar-refractivity contribution in [2.24, 2.45) is 0 Å². The van der Waals surface area contributed by atoms with Gasteiger partial charge in [-0.15, -0.1) is 11.3 Å². The van der Waals surface area contributed by atoms with Gasteiger partial charge in [0.05, 0.1) is 0 Å². The largest absolute Gasteiger partial charge is 0.362 e. The van der Waals surface area contributed by atoms with Crippen molar-refractivity contribution in [1.82, 2.24) is 4.98 Å². The van der Waals surface area contributed by atoms with Crippen LogP contribution in [0.15, 0.2) is 6.20 Å². The molecule has 0 amide bonds. The lowest BCUT2D eigenvalue weighted by molar-refractivity contribution is 0.652. The molecule has 0 fully saturated rings. The molecule has 0 radical (unpaired) electrons. The first-order valence-corrected chi connectivity index (χ1v) is 5.83. The van der Waals surface area contributed by atoms with Gasteiger partial charge in [-0.3, -0.25) is 0 Å². The zero-order valence-electron chi connectivity index (χ0n) is 8.63. The van der Waals surface area contributed by atoms with Gasteiger partial charge in [-0.1, -0.05) is 13.8 Å². The molecule has 0 saturated heterocycles. The average Bonchev–Trinajstić information content (AvgIpc) is 2.56. The van der Waals surface area contributed by atoms with Crippen molar-refractivity contribution in [1.29, 1.82) is 0 Å². The second-order valence-corrected chi connectivity index (χ2v) is 4.17. The molecule has 13 heavy (non-hydrogen) atoms. The summed E-state index contributed by atoms with van der Waals surface area (Å²) in [6.45, 7) is 7.52. The first-order valence-electron chi connectivity index (χ1n) is 5.01. The minimum Gasteiger partial charge on any atom is -0.362 e. The highest BCUT2D eigenvalue weighted by Crippen LogP contribution is 2.29. The quantitative estimate of drug-likeness (QED) is 0.783. The van der Waals surface area contributed by atoms with Crippen LogP contribution in [0.3, 0.4) is 0 Å². The van der Waals surface area contributed by atoms with Crippen LogP contribution in [0.2, 0.25) is 0 Å². The molecule has 1 aromatic heterocycles. The molecule has 2 nitrogen and oxygen atoms in total. The molecule has 0 saturated carbocycles. The van der Waals surface area contributed by atoms with Gasteiger partial charge in [-0.25, -0.2) is 4.98 Å². The van der Waals surface area contributed by atoms with E-state index in [1.165, 1.54) is 17.7 Å². The molecule has 0 atom stereocenters. The third-order valence-corrected chi connectivity index (χ3v) is 3.36. The van der Waals surface area contributed by atoms with Crippen LogP contribution in [0, 0.1) is 0 Å². The molecule has 0 spiro atoms. The zero-order chi connectivity index (χ0) is 9.68. The van der Waals surface area contributed by atoms with E-state index in [0.29, 0.717) is 5.92 Å². The van der Waals surface area contributed by atoms with Gasteiger partial charge < -0.3 is 5.32 Å². The van der Waals surface area contributed by atoms with Crippen molar-refractivity contribution in [3.05, 3.63) is 11.1 Å². The Balaban J connectivity index is 2.66. The number of nitrogens with one attached hydrogen (secondary N) is 1. The molecular formula is C10H18N2S. The van der Waals surface area contributed by atoms with E-state index < -0.39 is 0 Å². The van der Waals surface area contributed by atoms with E-state index in [0.717, 1.165) is 11.7 Å². The lowest BCUT2D eigenvalue weighted by atomic mass is 10.0. The van der Waals surface area contributed by atoms with Gasteiger partial charge in [0.2, 0.25) is 0 Å². The normalized spacial score (nSPS) is 10.8. The van der Waals surface area contributed by atoms with Gasteiger partial charge in [0.1, 0.15) is 0 Å². The summed E-state index contributed by atoms with van der Waals surface area (Å²) in [5.41, 5.74) is 0. The molecule has 0 bridgehead atoms. The Morgan fingerprint density at radius 2 is 2.08 bits per heavy atom. The van der Waals surface area contributed by atoms with Gasteiger partial charge in [-0.2, -0.15) is 0 Å². The number of thiazole rings is 1. The molecule has 3 heteroatoms. The number of anilines is 1. The summed E-state index contributed by atoms with van der Waals surface area (Å²) in [5.74, 6) is 0.699. The lowest BCUT2D eigenvalue weighted by Crippen LogP contribution is -1.94. The van der Waals surface area contributed by atoms with Crippen LogP contribution in [0.4, 0.5) is 5.13 Å². The molecule has 0 aliphatic carbocycles. The highest BCUT2D eigenvalue weighted by molar-refractivity contribution is 7.15. The highest BCUT2D eigenvalue weighted by Gasteiger charge is 2.10. The van der Waals surface area contributed by atoms with Crippen LogP contribution in [0.5, 0.6) is 0 Å². The molecule has 1 rings (SSSR count). The highest BCUT2D eigenvalue weighted by atomic mass is 32.1. The van der Waals surface area contributed by atoms with Crippen molar-refractivity contribution >= 4 is 16.5 Å². The third kappa shape index (κ3) is 2.69. The molecular weight excluding hydrogens is 180 g/mol. The van der Waals surface area contributed by atoms with Crippen molar-refractivity contribution in [3.63, 3.8) is 0 Å². The van der Waals surface area contributed by atoms with Crippen molar-refractivity contribution in [3.8, 4) is 0 Å². The summed E-state index contributed by atoms with van der Waals surface area (Å²) in [6, 6.07) is 0. The third-order valence-electron chi connectivity index (χ3n) is 2.24. The maximum Gasteiger partial charge on any atom is 0.182 e. The predicted molar refractivity (Wildman–Crippen MR) is 59.6 cm³/mol. The fourth-order valence-corrected chi connectivity index (χ4v) is 2.55. The van der Waals surface area contributed by atoms with Crippen LogP contribution >= 0.6 is 11.3 Å². The Kier molecular flexibility index (Phi) is 4.22. The molecule has 1 heterocycles. The lowest BCUT2D eigenvalue weighted by Gasteiger charge is -2.07. The Hall–Kier alpha value is -0.570. The minimum atomic E-state index is 0.699. The Bertz CT molecular complexity index is 241. The topological polar surface area (TPSA) is 24.9 Å². The van der Waals surface area contributed by atoms with E-state index in [1.54, 1.807) is 11.3 Å². The number of hydrogen-bond acceptors (Lipinski definition) is 3. The van der Waals surface area contributed by atoms with Crippen molar-refractivity contribution in [2.45, 2.75) is 39.5 Å². The SMILES string of the molecule is CCNc1ncc(C(CC)CC)s1. The Morgan fingerprint density at radius 3 is 2.62 bits per heavy atom. The van der Waals surface area contributed by atoms with Crippen LogP contribution in [-0.4, -0.2) is 11.5 Å². The molecule has 0 aliphatic rings. The molecule has 1 N–H and O–H groups in total.